The fourth-order valence-electron chi connectivity index (χ4n) is 4.35. The molecular formula is C23H26Cl2N4O4. The van der Waals surface area contributed by atoms with Crippen LogP contribution in [-0.2, 0) is 22.4 Å². The molecule has 0 aliphatic heterocycles. The Hall–Kier alpha value is -2.58. The van der Waals surface area contributed by atoms with Crippen molar-refractivity contribution in [1.82, 2.24) is 20.4 Å². The molecule has 0 saturated heterocycles. The number of fused-ring (bicyclic) bond motifs is 3. The van der Waals surface area contributed by atoms with E-state index in [0.29, 0.717) is 29.3 Å². The highest BCUT2D eigenvalue weighted by atomic mass is 35.5. The van der Waals surface area contributed by atoms with Gasteiger partial charge in [0, 0.05) is 16.1 Å². The Labute approximate surface area is 201 Å². The smallest absolute Gasteiger partial charge is 0.379 e. The van der Waals surface area contributed by atoms with E-state index in [2.05, 4.69) is 25.2 Å². The van der Waals surface area contributed by atoms with E-state index in [1.54, 1.807) is 6.07 Å². The lowest BCUT2D eigenvalue weighted by atomic mass is 9.73. The van der Waals surface area contributed by atoms with Crippen LogP contribution < -0.4 is 5.32 Å². The van der Waals surface area contributed by atoms with Crippen LogP contribution in [0.25, 0.3) is 10.9 Å². The maximum atomic E-state index is 13.6. The fraction of sp³-hybridized carbons (Fsp3) is 0.478. The molecule has 1 aliphatic rings. The summed E-state index contributed by atoms with van der Waals surface area (Å²) in [6.07, 6.45) is 2.67. The first-order valence-electron chi connectivity index (χ1n) is 10.9. The third-order valence-electron chi connectivity index (χ3n) is 6.64. The molecule has 0 fully saturated rings. The highest BCUT2D eigenvalue weighted by Crippen LogP contribution is 2.42. The Morgan fingerprint density at radius 2 is 2.12 bits per heavy atom. The third-order valence-corrected chi connectivity index (χ3v) is 7.15. The number of esters is 1. The summed E-state index contributed by atoms with van der Waals surface area (Å²) in [5, 5.41) is 8.87. The van der Waals surface area contributed by atoms with Crippen molar-refractivity contribution in [3.05, 3.63) is 45.2 Å². The van der Waals surface area contributed by atoms with E-state index in [-0.39, 0.29) is 23.5 Å². The van der Waals surface area contributed by atoms with Crippen molar-refractivity contribution < 1.29 is 18.8 Å². The highest BCUT2D eigenvalue weighted by Gasteiger charge is 2.41. The molecule has 33 heavy (non-hydrogen) atoms. The molecule has 176 valence electrons. The summed E-state index contributed by atoms with van der Waals surface area (Å²) in [4.78, 5) is 32.9. The number of carbonyl (C=O) groups is 2. The number of methoxy groups -OCH3 is 1. The van der Waals surface area contributed by atoms with Gasteiger partial charge in [0.25, 0.3) is 5.82 Å². The molecule has 1 aromatic carbocycles. The monoisotopic (exact) mass is 492 g/mol. The van der Waals surface area contributed by atoms with Crippen LogP contribution in [0, 0.1) is 11.3 Å². The van der Waals surface area contributed by atoms with Crippen molar-refractivity contribution in [1.29, 1.82) is 0 Å². The second kappa shape index (κ2) is 8.99. The molecule has 1 aliphatic carbocycles. The summed E-state index contributed by atoms with van der Waals surface area (Å²) in [7, 11) is 1.25. The van der Waals surface area contributed by atoms with Gasteiger partial charge in [-0.05, 0) is 48.0 Å². The summed E-state index contributed by atoms with van der Waals surface area (Å²) in [6, 6.07) is 3.07. The van der Waals surface area contributed by atoms with Gasteiger partial charge in [-0.25, -0.2) is 4.79 Å². The number of aromatic nitrogens is 3. The predicted molar refractivity (Wildman–Crippen MR) is 124 cm³/mol. The van der Waals surface area contributed by atoms with Crippen LogP contribution in [0.1, 0.15) is 67.4 Å². The lowest BCUT2D eigenvalue weighted by Crippen LogP contribution is -2.45. The molecule has 0 radical (unpaired) electrons. The minimum atomic E-state index is -0.692. The summed E-state index contributed by atoms with van der Waals surface area (Å²) in [5.41, 5.74) is 2.32. The minimum Gasteiger partial charge on any atom is -0.463 e. The number of amides is 1. The number of halogens is 2. The number of carbonyl (C=O) groups excluding carboxylic acids is 2. The molecule has 2 heterocycles. The number of aryl methyl sites for hydroxylation is 1. The average molecular weight is 493 g/mol. The Kier molecular flexibility index (Phi) is 6.42. The van der Waals surface area contributed by atoms with Gasteiger partial charge in [-0.2, -0.15) is 4.98 Å². The van der Waals surface area contributed by atoms with Gasteiger partial charge in [-0.1, -0.05) is 50.4 Å². The number of hydrogen-bond acceptors (Lipinski definition) is 6. The summed E-state index contributed by atoms with van der Waals surface area (Å²) >= 11 is 12.6. The van der Waals surface area contributed by atoms with Crippen LogP contribution in [0.5, 0.6) is 0 Å². The fourth-order valence-corrected chi connectivity index (χ4v) is 4.89. The van der Waals surface area contributed by atoms with E-state index in [4.69, 9.17) is 27.7 Å². The lowest BCUT2D eigenvalue weighted by Gasteiger charge is -2.34. The normalized spacial score (nSPS) is 19.7. The molecule has 1 amide bonds. The van der Waals surface area contributed by atoms with Gasteiger partial charge in [0.15, 0.2) is 0 Å². The van der Waals surface area contributed by atoms with Crippen molar-refractivity contribution in [2.24, 2.45) is 11.3 Å². The molecule has 2 aromatic heterocycles. The van der Waals surface area contributed by atoms with Crippen molar-refractivity contribution in [2.45, 2.75) is 52.5 Å². The Morgan fingerprint density at radius 3 is 2.82 bits per heavy atom. The standard InChI is InChI=1S/C23H26Cl2N4O4/c1-5-11(2)17(20-28-19(29-33-20)21(30)32-4)27-22(31)23(3)7-6-16-14(10-23)13-8-12(24)9-15(25)18(13)26-16/h8-9,11,17,26H,5-7,10H2,1-4H3,(H,27,31)/t11-,17?,23+/m0/s1. The van der Waals surface area contributed by atoms with E-state index in [1.165, 1.54) is 7.11 Å². The van der Waals surface area contributed by atoms with Crippen molar-refractivity contribution >= 4 is 46.0 Å². The summed E-state index contributed by atoms with van der Waals surface area (Å²) in [6.45, 7) is 5.95. The number of ether oxygens (including phenoxy) is 1. The number of nitrogens with one attached hydrogen (secondary N) is 2. The second-order valence-corrected chi connectivity index (χ2v) is 9.76. The van der Waals surface area contributed by atoms with E-state index in [1.807, 2.05) is 26.8 Å². The molecule has 1 unspecified atom stereocenters. The van der Waals surface area contributed by atoms with Gasteiger partial charge in [0.05, 0.1) is 23.1 Å². The van der Waals surface area contributed by atoms with Crippen molar-refractivity contribution in [3.63, 3.8) is 0 Å². The molecule has 0 saturated carbocycles. The first-order valence-corrected chi connectivity index (χ1v) is 11.6. The number of hydrogen-bond donors (Lipinski definition) is 2. The molecule has 8 nitrogen and oxygen atoms in total. The summed E-state index contributed by atoms with van der Waals surface area (Å²) in [5.74, 6) is -0.783. The van der Waals surface area contributed by atoms with E-state index >= 15 is 0 Å². The van der Waals surface area contributed by atoms with Crippen LogP contribution in [0.3, 0.4) is 0 Å². The van der Waals surface area contributed by atoms with Crippen LogP contribution in [-0.4, -0.2) is 34.1 Å². The number of rotatable bonds is 6. The Bertz CT molecular complexity index is 1220. The predicted octanol–water partition coefficient (Wildman–Crippen LogP) is 5.04. The molecule has 2 N–H and O–H groups in total. The molecule has 0 spiro atoms. The van der Waals surface area contributed by atoms with Crippen molar-refractivity contribution in [3.8, 4) is 0 Å². The van der Waals surface area contributed by atoms with Crippen LogP contribution >= 0.6 is 23.2 Å². The molecule has 3 aromatic rings. The highest BCUT2D eigenvalue weighted by molar-refractivity contribution is 6.38. The maximum Gasteiger partial charge on any atom is 0.379 e. The van der Waals surface area contributed by atoms with Gasteiger partial charge in [0.1, 0.15) is 6.04 Å². The quantitative estimate of drug-likeness (QED) is 0.466. The van der Waals surface area contributed by atoms with Gasteiger partial charge < -0.3 is 19.6 Å². The first kappa shape index (κ1) is 23.6. The number of benzene rings is 1. The number of H-pyrrole nitrogens is 1. The molecular weight excluding hydrogens is 467 g/mol. The van der Waals surface area contributed by atoms with Crippen LogP contribution in [0.4, 0.5) is 0 Å². The molecule has 0 bridgehead atoms. The van der Waals surface area contributed by atoms with Gasteiger partial charge >= 0.3 is 5.97 Å². The van der Waals surface area contributed by atoms with Gasteiger partial charge in [-0.15, -0.1) is 0 Å². The molecule has 4 rings (SSSR count). The lowest BCUT2D eigenvalue weighted by molar-refractivity contribution is -0.132. The van der Waals surface area contributed by atoms with E-state index < -0.39 is 17.4 Å². The zero-order valence-electron chi connectivity index (χ0n) is 18.9. The molecule has 10 heteroatoms. The van der Waals surface area contributed by atoms with Crippen molar-refractivity contribution in [2.75, 3.05) is 7.11 Å². The van der Waals surface area contributed by atoms with Gasteiger partial charge in [-0.3, -0.25) is 4.79 Å². The average Bonchev–Trinajstić information content (AvgIpc) is 3.41. The number of nitrogens with zero attached hydrogens (tertiary/aromatic N) is 2. The third kappa shape index (κ3) is 4.34. The zero-order chi connectivity index (χ0) is 23.9. The van der Waals surface area contributed by atoms with E-state index in [0.717, 1.165) is 28.6 Å². The van der Waals surface area contributed by atoms with Crippen LogP contribution in [0.2, 0.25) is 10.0 Å². The second-order valence-electron chi connectivity index (χ2n) is 8.91. The van der Waals surface area contributed by atoms with Gasteiger partial charge in [0.2, 0.25) is 11.8 Å². The molecule has 3 atom stereocenters. The summed E-state index contributed by atoms with van der Waals surface area (Å²) < 4.78 is 9.96. The maximum absolute atomic E-state index is 13.6. The Morgan fingerprint density at radius 1 is 1.36 bits per heavy atom. The van der Waals surface area contributed by atoms with Crippen LogP contribution in [0.15, 0.2) is 16.7 Å². The Balaban J connectivity index is 1.61. The largest absolute Gasteiger partial charge is 0.463 e. The topological polar surface area (TPSA) is 110 Å². The zero-order valence-corrected chi connectivity index (χ0v) is 20.4. The minimum absolute atomic E-state index is 0.00773. The SMILES string of the molecule is CC[C@H](C)C(NC(=O)[C@]1(C)CCc2[nH]c3c(Cl)cc(Cl)cc3c2C1)c1nc(C(=O)OC)no1. The first-order chi connectivity index (χ1) is 15.7. The van der Waals surface area contributed by atoms with E-state index in [9.17, 15) is 9.59 Å². The number of aromatic amines is 1.